The normalized spacial score (nSPS) is 14.5. The van der Waals surface area contributed by atoms with Crippen LogP contribution in [0.1, 0.15) is 41.3 Å². The lowest BCUT2D eigenvalue weighted by molar-refractivity contribution is 0.0734. The molecule has 0 aliphatic carbocycles. The smallest absolute Gasteiger partial charge is 0.343 e. The average molecular weight is 471 g/mol. The first kappa shape index (κ1) is 23.7. The van der Waals surface area contributed by atoms with E-state index < -0.39 is 11.9 Å². The van der Waals surface area contributed by atoms with Gasteiger partial charge in [-0.1, -0.05) is 38.1 Å². The number of para-hydroxylation sites is 1. The van der Waals surface area contributed by atoms with Crippen molar-refractivity contribution < 1.29 is 23.7 Å². The number of methoxy groups -OCH3 is 1. The van der Waals surface area contributed by atoms with Crippen molar-refractivity contribution in [2.45, 2.75) is 19.8 Å². The van der Waals surface area contributed by atoms with E-state index in [4.69, 9.17) is 24.7 Å². The van der Waals surface area contributed by atoms with Crippen LogP contribution in [0.15, 0.2) is 78.2 Å². The topological polar surface area (TPSA) is 104 Å². The lowest BCUT2D eigenvalue weighted by Gasteiger charge is -2.27. The van der Waals surface area contributed by atoms with Gasteiger partial charge in [0, 0.05) is 17.2 Å². The molecule has 3 aromatic rings. The zero-order valence-electron chi connectivity index (χ0n) is 19.8. The Labute approximate surface area is 204 Å². The maximum atomic E-state index is 12.7. The van der Waals surface area contributed by atoms with Gasteiger partial charge in [-0.3, -0.25) is 0 Å². The van der Waals surface area contributed by atoms with Gasteiger partial charge in [-0.2, -0.15) is 5.26 Å². The summed E-state index contributed by atoms with van der Waals surface area (Å²) < 4.78 is 22.5. The Morgan fingerprint density at radius 1 is 1.06 bits per heavy atom. The quantitative estimate of drug-likeness (QED) is 0.375. The molecule has 1 atom stereocenters. The first-order valence-electron chi connectivity index (χ1n) is 11.2. The second-order valence-electron chi connectivity index (χ2n) is 8.49. The maximum Gasteiger partial charge on any atom is 0.343 e. The molecule has 2 N–H and O–H groups in total. The van der Waals surface area contributed by atoms with Crippen LogP contribution in [0.4, 0.5) is 0 Å². The molecular weight excluding hydrogens is 444 g/mol. The van der Waals surface area contributed by atoms with Gasteiger partial charge < -0.3 is 24.7 Å². The number of nitriles is 1. The molecule has 1 unspecified atom stereocenters. The fourth-order valence-electron chi connectivity index (χ4n) is 3.84. The Hall–Kier alpha value is -4.44. The summed E-state index contributed by atoms with van der Waals surface area (Å²) in [6, 6.07) is 21.4. The lowest BCUT2D eigenvalue weighted by atomic mass is 9.83. The Morgan fingerprint density at radius 3 is 2.46 bits per heavy atom. The van der Waals surface area contributed by atoms with Crippen molar-refractivity contribution in [1.82, 2.24) is 0 Å². The van der Waals surface area contributed by atoms with Crippen LogP contribution >= 0.6 is 0 Å². The highest BCUT2D eigenvalue weighted by molar-refractivity contribution is 5.91. The largest absolute Gasteiger partial charge is 0.496 e. The van der Waals surface area contributed by atoms with Gasteiger partial charge in [-0.05, 0) is 42.3 Å². The van der Waals surface area contributed by atoms with Gasteiger partial charge in [0.25, 0.3) is 0 Å². The Balaban J connectivity index is 1.59. The summed E-state index contributed by atoms with van der Waals surface area (Å²) in [6.07, 6.45) is 0. The highest BCUT2D eigenvalue weighted by Crippen LogP contribution is 2.45. The standard InChI is InChI=1S/C28H26N2O5/c1-17(2)16-33-19-10-8-18(9-11-19)28(31)34-20-12-13-22-25(14-20)35-27(30)23(15-29)26(22)21-6-4-5-7-24(21)32-3/h4-14,17,26H,16,30H2,1-3H3. The van der Waals surface area contributed by atoms with Gasteiger partial charge in [-0.25, -0.2) is 4.79 Å². The molecule has 0 aromatic heterocycles. The molecule has 178 valence electrons. The molecule has 0 spiro atoms. The van der Waals surface area contributed by atoms with Crippen molar-refractivity contribution in [3.8, 4) is 29.1 Å². The molecule has 0 bridgehead atoms. The third kappa shape index (κ3) is 5.07. The van der Waals surface area contributed by atoms with Gasteiger partial charge >= 0.3 is 5.97 Å². The van der Waals surface area contributed by atoms with Crippen LogP contribution in [0.2, 0.25) is 0 Å². The molecule has 1 aliphatic rings. The third-order valence-corrected chi connectivity index (χ3v) is 5.52. The molecule has 0 amide bonds. The van der Waals surface area contributed by atoms with Gasteiger partial charge in [0.05, 0.1) is 25.2 Å². The van der Waals surface area contributed by atoms with E-state index in [1.54, 1.807) is 49.6 Å². The third-order valence-electron chi connectivity index (χ3n) is 5.52. The van der Waals surface area contributed by atoms with Crippen molar-refractivity contribution in [2.24, 2.45) is 11.7 Å². The van der Waals surface area contributed by atoms with Gasteiger partial charge in [0.1, 0.15) is 34.6 Å². The Morgan fingerprint density at radius 2 is 1.77 bits per heavy atom. The van der Waals surface area contributed by atoms with Gasteiger partial charge in [-0.15, -0.1) is 0 Å². The molecular formula is C28H26N2O5. The number of hydrogen-bond acceptors (Lipinski definition) is 7. The number of benzene rings is 3. The lowest BCUT2D eigenvalue weighted by Crippen LogP contribution is -2.21. The Bertz CT molecular complexity index is 1310. The summed E-state index contributed by atoms with van der Waals surface area (Å²) in [7, 11) is 1.57. The molecule has 0 saturated heterocycles. The number of hydrogen-bond donors (Lipinski definition) is 1. The molecule has 0 saturated carbocycles. The summed E-state index contributed by atoms with van der Waals surface area (Å²) in [4.78, 5) is 12.7. The molecule has 0 radical (unpaired) electrons. The fourth-order valence-corrected chi connectivity index (χ4v) is 3.84. The summed E-state index contributed by atoms with van der Waals surface area (Å²) in [5, 5.41) is 9.78. The van der Waals surface area contributed by atoms with E-state index in [1.165, 1.54) is 0 Å². The molecule has 7 heteroatoms. The first-order chi connectivity index (χ1) is 16.9. The molecule has 7 nitrogen and oxygen atoms in total. The number of nitrogens with two attached hydrogens (primary N) is 1. The fraction of sp³-hybridized carbons (Fsp3) is 0.214. The van der Waals surface area contributed by atoms with Crippen molar-refractivity contribution in [2.75, 3.05) is 13.7 Å². The minimum Gasteiger partial charge on any atom is -0.496 e. The SMILES string of the molecule is COc1ccccc1C1C(C#N)=C(N)Oc2cc(OC(=O)c3ccc(OCC(C)C)cc3)ccc21. The van der Waals surface area contributed by atoms with Crippen LogP contribution in [0.5, 0.6) is 23.0 Å². The minimum atomic E-state index is -0.515. The summed E-state index contributed by atoms with van der Waals surface area (Å²) in [6.45, 7) is 4.73. The van der Waals surface area contributed by atoms with E-state index in [1.807, 2.05) is 24.3 Å². The molecule has 1 heterocycles. The van der Waals surface area contributed by atoms with E-state index in [-0.39, 0.29) is 11.5 Å². The van der Waals surface area contributed by atoms with E-state index >= 15 is 0 Å². The molecule has 0 fully saturated rings. The van der Waals surface area contributed by atoms with Crippen LogP contribution in [-0.4, -0.2) is 19.7 Å². The van der Waals surface area contributed by atoms with Crippen LogP contribution in [-0.2, 0) is 0 Å². The number of esters is 1. The second kappa shape index (κ2) is 10.2. The highest BCUT2D eigenvalue weighted by atomic mass is 16.5. The first-order valence-corrected chi connectivity index (χ1v) is 11.2. The number of ether oxygens (including phenoxy) is 4. The van der Waals surface area contributed by atoms with Crippen LogP contribution in [0.25, 0.3) is 0 Å². The summed E-state index contributed by atoms with van der Waals surface area (Å²) >= 11 is 0. The highest BCUT2D eigenvalue weighted by Gasteiger charge is 2.32. The van der Waals surface area contributed by atoms with Crippen LogP contribution in [0.3, 0.4) is 0 Å². The van der Waals surface area contributed by atoms with E-state index in [2.05, 4.69) is 19.9 Å². The zero-order chi connectivity index (χ0) is 24.9. The molecule has 4 rings (SSSR count). The summed E-state index contributed by atoms with van der Waals surface area (Å²) in [5.74, 6) is 1.42. The van der Waals surface area contributed by atoms with Crippen molar-refractivity contribution in [1.29, 1.82) is 5.26 Å². The number of fused-ring (bicyclic) bond motifs is 1. The Kier molecular flexibility index (Phi) is 6.93. The second-order valence-corrected chi connectivity index (χ2v) is 8.49. The predicted molar refractivity (Wildman–Crippen MR) is 130 cm³/mol. The van der Waals surface area contributed by atoms with E-state index in [0.29, 0.717) is 46.6 Å². The number of carbonyl (C=O) groups is 1. The molecule has 3 aromatic carbocycles. The van der Waals surface area contributed by atoms with Crippen LogP contribution < -0.4 is 24.7 Å². The van der Waals surface area contributed by atoms with Crippen LogP contribution in [0, 0.1) is 17.2 Å². The van der Waals surface area contributed by atoms with E-state index in [9.17, 15) is 10.1 Å². The van der Waals surface area contributed by atoms with Gasteiger partial charge in [0.15, 0.2) is 0 Å². The molecule has 1 aliphatic heterocycles. The number of carbonyl (C=O) groups excluding carboxylic acids is 1. The van der Waals surface area contributed by atoms with Crippen molar-refractivity contribution >= 4 is 5.97 Å². The van der Waals surface area contributed by atoms with Crippen molar-refractivity contribution in [3.63, 3.8) is 0 Å². The zero-order valence-corrected chi connectivity index (χ0v) is 19.8. The predicted octanol–water partition coefficient (Wildman–Crippen LogP) is 5.17. The number of nitrogens with zero attached hydrogens (tertiary/aromatic N) is 1. The van der Waals surface area contributed by atoms with E-state index in [0.717, 1.165) is 5.56 Å². The van der Waals surface area contributed by atoms with Crippen molar-refractivity contribution in [3.05, 3.63) is 94.9 Å². The monoisotopic (exact) mass is 470 g/mol. The van der Waals surface area contributed by atoms with Gasteiger partial charge in [0.2, 0.25) is 5.88 Å². The number of allylic oxidation sites excluding steroid dienone is 1. The average Bonchev–Trinajstić information content (AvgIpc) is 2.86. The minimum absolute atomic E-state index is 0.00336. The molecule has 35 heavy (non-hydrogen) atoms. The number of rotatable bonds is 7. The summed E-state index contributed by atoms with van der Waals surface area (Å²) in [5.41, 5.74) is 8.26. The maximum absolute atomic E-state index is 12.7.